The van der Waals surface area contributed by atoms with E-state index in [1.807, 2.05) is 0 Å². The van der Waals surface area contributed by atoms with Gasteiger partial charge in [-0.1, -0.05) is 36.4 Å². The van der Waals surface area contributed by atoms with Crippen molar-refractivity contribution < 1.29 is 89.6 Å². The zero-order valence-electron chi connectivity index (χ0n) is 31.8. The molecule has 11 N–H and O–H groups in total. The number of fused-ring (bicyclic) bond motifs is 1. The van der Waals surface area contributed by atoms with Gasteiger partial charge in [-0.2, -0.15) is 0 Å². The van der Waals surface area contributed by atoms with Gasteiger partial charge in [-0.25, -0.2) is 14.4 Å². The minimum atomic E-state index is -1.85. The predicted octanol–water partition coefficient (Wildman–Crippen LogP) is 4.92. The predicted molar refractivity (Wildman–Crippen MR) is 214 cm³/mol. The van der Waals surface area contributed by atoms with Crippen molar-refractivity contribution in [2.45, 2.75) is 37.1 Å². The Morgan fingerprint density at radius 1 is 0.565 bits per heavy atom. The third kappa shape index (κ3) is 9.50. The van der Waals surface area contributed by atoms with Gasteiger partial charge in [0.15, 0.2) is 57.5 Å². The molecule has 0 fully saturated rings. The summed E-state index contributed by atoms with van der Waals surface area (Å²) < 4.78 is 16.6. The van der Waals surface area contributed by atoms with E-state index >= 15 is 0 Å². The van der Waals surface area contributed by atoms with Crippen LogP contribution in [0, 0.1) is 0 Å². The van der Waals surface area contributed by atoms with Crippen molar-refractivity contribution >= 4 is 42.1 Å². The molecule has 0 spiro atoms. The van der Waals surface area contributed by atoms with E-state index in [1.54, 1.807) is 0 Å². The van der Waals surface area contributed by atoms with E-state index in [1.165, 1.54) is 48.6 Å². The molecule has 0 aliphatic carbocycles. The SMILES string of the molecule is O=C(/C=C/c1cc(O)c(O)c(/C=C/c2ccc(O)c3c2C(C(=O)OC(Cc2ccc(O)c(O)c2)C(=O)O)C(c2ccc(O)c(O)c2)O3)c1)OC(Cc1ccc(O)c(O)c1)C(=O)O. The lowest BCUT2D eigenvalue weighted by Gasteiger charge is -2.22. The highest BCUT2D eigenvalue weighted by Gasteiger charge is 2.46. The van der Waals surface area contributed by atoms with Gasteiger partial charge in [0.05, 0.1) is 0 Å². The average Bonchev–Trinajstić information content (AvgIpc) is 3.63. The van der Waals surface area contributed by atoms with Gasteiger partial charge in [0.25, 0.3) is 0 Å². The molecule has 5 aromatic carbocycles. The van der Waals surface area contributed by atoms with E-state index in [0.717, 1.165) is 54.6 Å². The summed E-state index contributed by atoms with van der Waals surface area (Å²) in [5.41, 5.74) is 0.680. The van der Waals surface area contributed by atoms with Crippen LogP contribution < -0.4 is 4.74 Å². The van der Waals surface area contributed by atoms with E-state index in [0.29, 0.717) is 0 Å². The van der Waals surface area contributed by atoms with Crippen LogP contribution in [-0.4, -0.2) is 92.3 Å². The first-order valence-corrected chi connectivity index (χ1v) is 18.2. The zero-order chi connectivity index (χ0) is 45.0. The molecular weight excluding hydrogens is 816 g/mol. The topological polar surface area (TPSA) is 318 Å². The number of carbonyl (C=O) groups is 4. The molecule has 4 atom stereocenters. The number of ether oxygens (including phenoxy) is 3. The number of hydrogen-bond acceptors (Lipinski definition) is 16. The maximum absolute atomic E-state index is 14.2. The fourth-order valence-corrected chi connectivity index (χ4v) is 6.56. The molecule has 1 aliphatic heterocycles. The summed E-state index contributed by atoms with van der Waals surface area (Å²) in [4.78, 5) is 51.0. The second-order valence-electron chi connectivity index (χ2n) is 13.9. The van der Waals surface area contributed by atoms with Crippen LogP contribution in [0.3, 0.4) is 0 Å². The number of carboxylic acid groups (broad SMARTS) is 2. The van der Waals surface area contributed by atoms with E-state index < -0.39 is 106 Å². The molecule has 5 aromatic rings. The summed E-state index contributed by atoms with van der Waals surface area (Å²) in [6.07, 6.45) is -1.10. The average molecular weight is 853 g/mol. The molecule has 320 valence electrons. The van der Waals surface area contributed by atoms with E-state index in [2.05, 4.69) is 0 Å². The molecule has 4 unspecified atom stereocenters. The highest BCUT2D eigenvalue weighted by Crippen LogP contribution is 2.53. The zero-order valence-corrected chi connectivity index (χ0v) is 31.8. The minimum absolute atomic E-state index is 0.0340. The van der Waals surface area contributed by atoms with Crippen LogP contribution in [0.2, 0.25) is 0 Å². The van der Waals surface area contributed by atoms with E-state index in [4.69, 9.17) is 14.2 Å². The molecular formula is C44H36O18. The Labute approximate surface area is 349 Å². The van der Waals surface area contributed by atoms with Crippen molar-refractivity contribution in [2.75, 3.05) is 0 Å². The summed E-state index contributed by atoms with van der Waals surface area (Å²) in [5.74, 6) is -12.0. The fraction of sp³-hybridized carbons (Fsp3) is 0.136. The third-order valence-electron chi connectivity index (χ3n) is 9.64. The van der Waals surface area contributed by atoms with Gasteiger partial charge in [-0.05, 0) is 88.5 Å². The number of phenols is 9. The van der Waals surface area contributed by atoms with Crippen LogP contribution in [0.1, 0.15) is 51.0 Å². The van der Waals surface area contributed by atoms with E-state index in [9.17, 15) is 75.3 Å². The first-order valence-electron chi connectivity index (χ1n) is 18.2. The number of aliphatic carboxylic acids is 2. The first-order chi connectivity index (χ1) is 29.4. The van der Waals surface area contributed by atoms with Gasteiger partial charge in [0.1, 0.15) is 12.0 Å². The van der Waals surface area contributed by atoms with Gasteiger partial charge in [-0.3, -0.25) is 4.79 Å². The lowest BCUT2D eigenvalue weighted by atomic mass is 9.87. The van der Waals surface area contributed by atoms with Gasteiger partial charge >= 0.3 is 23.9 Å². The van der Waals surface area contributed by atoms with Crippen molar-refractivity contribution in [1.82, 2.24) is 0 Å². The Balaban J connectivity index is 1.30. The van der Waals surface area contributed by atoms with Gasteiger partial charge < -0.3 is 70.4 Å². The quantitative estimate of drug-likeness (QED) is 0.0306. The maximum Gasteiger partial charge on any atom is 0.345 e. The van der Waals surface area contributed by atoms with Crippen LogP contribution in [0.4, 0.5) is 0 Å². The summed E-state index contributed by atoms with van der Waals surface area (Å²) in [5, 5.41) is 111. The maximum atomic E-state index is 14.2. The van der Waals surface area contributed by atoms with Crippen LogP contribution in [-0.2, 0) is 41.5 Å². The van der Waals surface area contributed by atoms with Crippen LogP contribution >= 0.6 is 0 Å². The lowest BCUT2D eigenvalue weighted by Crippen LogP contribution is -2.32. The van der Waals surface area contributed by atoms with Crippen LogP contribution in [0.15, 0.2) is 84.9 Å². The second kappa shape index (κ2) is 17.8. The molecule has 6 rings (SSSR count). The third-order valence-corrected chi connectivity index (χ3v) is 9.64. The summed E-state index contributed by atoms with van der Waals surface area (Å²) in [7, 11) is 0. The molecule has 1 heterocycles. The minimum Gasteiger partial charge on any atom is -0.504 e. The van der Waals surface area contributed by atoms with Gasteiger partial charge in [0, 0.05) is 30.0 Å². The Morgan fingerprint density at radius 2 is 1.10 bits per heavy atom. The molecule has 0 saturated carbocycles. The Bertz CT molecular complexity index is 2650. The molecule has 0 saturated heterocycles. The lowest BCUT2D eigenvalue weighted by molar-refractivity contribution is -0.166. The Hall–Kier alpha value is -8.54. The summed E-state index contributed by atoms with van der Waals surface area (Å²) in [6, 6.07) is 15.6. The fourth-order valence-electron chi connectivity index (χ4n) is 6.56. The number of carbonyl (C=O) groups excluding carboxylic acids is 2. The number of hydrogen-bond donors (Lipinski definition) is 11. The summed E-state index contributed by atoms with van der Waals surface area (Å²) in [6.45, 7) is 0. The molecule has 0 aromatic heterocycles. The van der Waals surface area contributed by atoms with E-state index in [-0.39, 0.29) is 51.1 Å². The molecule has 0 bridgehead atoms. The van der Waals surface area contributed by atoms with Crippen LogP contribution in [0.5, 0.6) is 57.5 Å². The number of aromatic hydroxyl groups is 9. The van der Waals surface area contributed by atoms with Crippen molar-refractivity contribution in [3.05, 3.63) is 124 Å². The number of phenolic OH excluding ortho intramolecular Hbond substituents is 9. The smallest absolute Gasteiger partial charge is 0.345 e. The van der Waals surface area contributed by atoms with Crippen molar-refractivity contribution in [3.63, 3.8) is 0 Å². The van der Waals surface area contributed by atoms with Crippen molar-refractivity contribution in [2.24, 2.45) is 0 Å². The number of carboxylic acids is 2. The Kier molecular flexibility index (Phi) is 12.3. The number of esters is 2. The standard InChI is InChI=1S/C44H36O18/c45-26-8-1-21(14-30(26)49)17-34(42(55)56)60-36(53)12-3-20-13-24(39(54)33(52)16-20)5-4-23-6-11-29(48)41-37(23)38(40(62-41)25-7-10-28(47)32(51)19-25)44(59)61-35(43(57)58)18-22-2-9-27(46)31(50)15-22/h1-16,19,34-35,38,40,45-52,54H,17-18H2,(H,55,56)(H,57,58)/b5-4+,12-3+. The highest BCUT2D eigenvalue weighted by atomic mass is 16.6. The number of rotatable bonds is 14. The van der Waals surface area contributed by atoms with Crippen LogP contribution in [0.25, 0.3) is 18.2 Å². The molecule has 0 amide bonds. The molecule has 18 nitrogen and oxygen atoms in total. The summed E-state index contributed by atoms with van der Waals surface area (Å²) >= 11 is 0. The monoisotopic (exact) mass is 852 g/mol. The van der Waals surface area contributed by atoms with Gasteiger partial charge in [-0.15, -0.1) is 0 Å². The second-order valence-corrected chi connectivity index (χ2v) is 13.9. The first kappa shape index (κ1) is 43.0. The highest BCUT2D eigenvalue weighted by molar-refractivity contribution is 5.91. The number of benzene rings is 5. The normalized spacial score (nSPS) is 15.4. The Morgan fingerprint density at radius 3 is 1.66 bits per heavy atom. The molecule has 1 aliphatic rings. The largest absolute Gasteiger partial charge is 0.504 e. The van der Waals surface area contributed by atoms with Crippen molar-refractivity contribution in [3.8, 4) is 57.5 Å². The molecule has 18 heteroatoms. The molecule has 0 radical (unpaired) electrons. The molecule has 62 heavy (non-hydrogen) atoms. The van der Waals surface area contributed by atoms with Gasteiger partial charge in [0.2, 0.25) is 12.2 Å². The van der Waals surface area contributed by atoms with Crippen molar-refractivity contribution in [1.29, 1.82) is 0 Å².